The first-order chi connectivity index (χ1) is 13.9. The first kappa shape index (κ1) is 22.0. The van der Waals surface area contributed by atoms with Crippen LogP contribution in [0.15, 0.2) is 34.5 Å². The van der Waals surface area contributed by atoms with Crippen molar-refractivity contribution in [3.63, 3.8) is 0 Å². The van der Waals surface area contributed by atoms with Crippen molar-refractivity contribution in [1.82, 2.24) is 15.2 Å². The number of hydrogen-bond acceptors (Lipinski definition) is 5. The van der Waals surface area contributed by atoms with Crippen LogP contribution >= 0.6 is 0 Å². The number of aryl methyl sites for hydroxylation is 1. The highest BCUT2D eigenvalue weighted by Crippen LogP contribution is 2.22. The van der Waals surface area contributed by atoms with Crippen LogP contribution in [-0.2, 0) is 20.9 Å². The van der Waals surface area contributed by atoms with Gasteiger partial charge < -0.3 is 24.4 Å². The number of nitriles is 1. The van der Waals surface area contributed by atoms with Gasteiger partial charge in [-0.15, -0.1) is 0 Å². The van der Waals surface area contributed by atoms with Gasteiger partial charge in [-0.25, -0.2) is 0 Å². The Kier molecular flexibility index (Phi) is 7.80. The highest BCUT2D eigenvalue weighted by molar-refractivity contribution is 6.03. The molecule has 29 heavy (non-hydrogen) atoms. The van der Waals surface area contributed by atoms with Crippen LogP contribution < -0.4 is 10.6 Å². The van der Waals surface area contributed by atoms with Crippen molar-refractivity contribution in [2.75, 3.05) is 20.3 Å². The fourth-order valence-corrected chi connectivity index (χ4v) is 3.16. The lowest BCUT2D eigenvalue weighted by atomic mass is 10.1. The van der Waals surface area contributed by atoms with Gasteiger partial charge >= 0.3 is 0 Å². The standard InChI is InChI=1S/C21H26N4O4/c1-14-8-17(16(3)25(14)15(2)13-28-4)9-18(10-22)21(27)24-12-20(26)23-11-19-6-5-7-29-19/h5-9,15H,11-13H2,1-4H3,(H,23,26)(H,24,27)/b18-9+. The second-order valence-electron chi connectivity index (χ2n) is 6.71. The summed E-state index contributed by atoms with van der Waals surface area (Å²) >= 11 is 0. The van der Waals surface area contributed by atoms with E-state index >= 15 is 0 Å². The van der Waals surface area contributed by atoms with Gasteiger partial charge in [-0.1, -0.05) is 0 Å². The number of hydrogen-bond donors (Lipinski definition) is 2. The fourth-order valence-electron chi connectivity index (χ4n) is 3.16. The maximum absolute atomic E-state index is 12.3. The van der Waals surface area contributed by atoms with Crippen molar-refractivity contribution >= 4 is 17.9 Å². The summed E-state index contributed by atoms with van der Waals surface area (Å²) in [5, 5.41) is 14.5. The maximum atomic E-state index is 12.3. The van der Waals surface area contributed by atoms with Gasteiger partial charge in [-0.2, -0.15) is 5.26 Å². The summed E-state index contributed by atoms with van der Waals surface area (Å²) in [5.41, 5.74) is 2.65. The Hall–Kier alpha value is -3.31. The number of rotatable bonds is 9. The Bertz CT molecular complexity index is 919. The lowest BCUT2D eigenvalue weighted by molar-refractivity contribution is -0.124. The van der Waals surface area contributed by atoms with Crippen molar-refractivity contribution in [1.29, 1.82) is 5.26 Å². The zero-order valence-electron chi connectivity index (χ0n) is 17.1. The fraction of sp³-hybridized carbons (Fsp3) is 0.381. The molecule has 0 bridgehead atoms. The number of carbonyl (C=O) groups excluding carboxylic acids is 2. The molecule has 0 saturated carbocycles. The van der Waals surface area contributed by atoms with Crippen LogP contribution in [0.1, 0.15) is 35.7 Å². The number of amides is 2. The zero-order valence-corrected chi connectivity index (χ0v) is 17.1. The summed E-state index contributed by atoms with van der Waals surface area (Å²) in [7, 11) is 1.65. The Morgan fingerprint density at radius 3 is 2.76 bits per heavy atom. The molecule has 1 unspecified atom stereocenters. The van der Waals surface area contributed by atoms with Gasteiger partial charge in [0, 0.05) is 18.5 Å². The molecule has 2 aromatic rings. The summed E-state index contributed by atoms with van der Waals surface area (Å²) in [6.45, 7) is 6.48. The number of methoxy groups -OCH3 is 1. The van der Waals surface area contributed by atoms with E-state index in [0.717, 1.165) is 17.0 Å². The molecule has 1 atom stereocenters. The highest BCUT2D eigenvalue weighted by Gasteiger charge is 2.16. The zero-order chi connectivity index (χ0) is 21.4. The lowest BCUT2D eigenvalue weighted by Gasteiger charge is -2.17. The van der Waals surface area contributed by atoms with Crippen LogP contribution in [0, 0.1) is 25.2 Å². The number of ether oxygens (including phenoxy) is 1. The molecule has 0 saturated heterocycles. The van der Waals surface area contributed by atoms with E-state index in [0.29, 0.717) is 12.4 Å². The molecule has 2 rings (SSSR count). The molecule has 0 fully saturated rings. The normalized spacial score (nSPS) is 12.3. The number of nitrogens with one attached hydrogen (secondary N) is 2. The molecule has 8 heteroatoms. The summed E-state index contributed by atoms with van der Waals surface area (Å²) in [6, 6.07) is 7.41. The van der Waals surface area contributed by atoms with E-state index in [9.17, 15) is 14.9 Å². The molecule has 2 N–H and O–H groups in total. The van der Waals surface area contributed by atoms with E-state index in [1.165, 1.54) is 12.3 Å². The maximum Gasteiger partial charge on any atom is 0.262 e. The van der Waals surface area contributed by atoms with Gasteiger partial charge in [-0.3, -0.25) is 9.59 Å². The van der Waals surface area contributed by atoms with Crippen molar-refractivity contribution in [3.8, 4) is 6.07 Å². The van der Waals surface area contributed by atoms with Crippen LogP contribution in [0.5, 0.6) is 0 Å². The van der Waals surface area contributed by atoms with Gasteiger partial charge in [0.15, 0.2) is 0 Å². The topological polar surface area (TPSA) is 109 Å². The molecular formula is C21H26N4O4. The Balaban J connectivity index is 2.02. The van der Waals surface area contributed by atoms with Gasteiger partial charge in [0.2, 0.25) is 5.91 Å². The van der Waals surface area contributed by atoms with E-state index in [-0.39, 0.29) is 30.6 Å². The van der Waals surface area contributed by atoms with Crippen LogP contribution in [-0.4, -0.2) is 36.6 Å². The lowest BCUT2D eigenvalue weighted by Crippen LogP contribution is -2.37. The Labute approximate surface area is 170 Å². The second kappa shape index (κ2) is 10.3. The average molecular weight is 398 g/mol. The molecule has 2 amide bonds. The average Bonchev–Trinajstić information content (AvgIpc) is 3.30. The number of furan rings is 1. The van der Waals surface area contributed by atoms with E-state index in [1.54, 1.807) is 19.2 Å². The Morgan fingerprint density at radius 1 is 1.38 bits per heavy atom. The summed E-state index contributed by atoms with van der Waals surface area (Å²) in [4.78, 5) is 24.2. The molecule has 0 radical (unpaired) electrons. The quantitative estimate of drug-likeness (QED) is 0.497. The third-order valence-corrected chi connectivity index (χ3v) is 4.49. The van der Waals surface area contributed by atoms with Gasteiger partial charge in [0.25, 0.3) is 5.91 Å². The minimum Gasteiger partial charge on any atom is -0.467 e. The molecule has 154 valence electrons. The third-order valence-electron chi connectivity index (χ3n) is 4.49. The largest absolute Gasteiger partial charge is 0.467 e. The number of nitrogens with zero attached hydrogens (tertiary/aromatic N) is 2. The van der Waals surface area contributed by atoms with Crippen molar-refractivity contribution in [2.24, 2.45) is 0 Å². The summed E-state index contributed by atoms with van der Waals surface area (Å²) < 4.78 is 12.4. The van der Waals surface area contributed by atoms with Crippen molar-refractivity contribution < 1.29 is 18.7 Å². The SMILES string of the molecule is COCC(C)n1c(C)cc(/C=C(\C#N)C(=O)NCC(=O)NCc2ccco2)c1C. The van der Waals surface area contributed by atoms with E-state index in [4.69, 9.17) is 9.15 Å². The molecule has 0 aliphatic rings. The summed E-state index contributed by atoms with van der Waals surface area (Å²) in [6.07, 6.45) is 3.05. The number of carbonyl (C=O) groups is 2. The van der Waals surface area contributed by atoms with E-state index in [2.05, 4.69) is 15.2 Å². The molecule has 0 spiro atoms. The smallest absolute Gasteiger partial charge is 0.262 e. The second-order valence-corrected chi connectivity index (χ2v) is 6.71. The predicted octanol–water partition coefficient (Wildman–Crippen LogP) is 2.24. The minimum absolute atomic E-state index is 0.0662. The molecule has 2 heterocycles. The first-order valence-electron chi connectivity index (χ1n) is 9.23. The van der Waals surface area contributed by atoms with Gasteiger partial charge in [0.1, 0.15) is 17.4 Å². The van der Waals surface area contributed by atoms with E-state index < -0.39 is 5.91 Å². The van der Waals surface area contributed by atoms with Crippen LogP contribution in [0.2, 0.25) is 0 Å². The molecule has 2 aromatic heterocycles. The minimum atomic E-state index is -0.601. The van der Waals surface area contributed by atoms with Gasteiger partial charge in [0.05, 0.1) is 32.0 Å². The summed E-state index contributed by atoms with van der Waals surface area (Å²) in [5.74, 6) is -0.366. The molecular weight excluding hydrogens is 372 g/mol. The monoisotopic (exact) mass is 398 g/mol. The van der Waals surface area contributed by atoms with Crippen LogP contribution in [0.3, 0.4) is 0 Å². The van der Waals surface area contributed by atoms with Crippen molar-refractivity contribution in [3.05, 3.63) is 52.7 Å². The molecule has 0 aromatic carbocycles. The highest BCUT2D eigenvalue weighted by atomic mass is 16.5. The Morgan fingerprint density at radius 2 is 2.14 bits per heavy atom. The predicted molar refractivity (Wildman–Crippen MR) is 108 cm³/mol. The van der Waals surface area contributed by atoms with Gasteiger partial charge in [-0.05, 0) is 50.6 Å². The molecule has 8 nitrogen and oxygen atoms in total. The molecule has 0 aliphatic carbocycles. The molecule has 0 aliphatic heterocycles. The third kappa shape index (κ3) is 5.83. The van der Waals surface area contributed by atoms with Crippen LogP contribution in [0.25, 0.3) is 6.08 Å². The first-order valence-corrected chi connectivity index (χ1v) is 9.23. The number of aromatic nitrogens is 1. The van der Waals surface area contributed by atoms with Crippen molar-refractivity contribution in [2.45, 2.75) is 33.4 Å². The van der Waals surface area contributed by atoms with E-state index in [1.807, 2.05) is 32.9 Å². The van der Waals surface area contributed by atoms with Crippen LogP contribution in [0.4, 0.5) is 0 Å².